The highest BCUT2D eigenvalue weighted by molar-refractivity contribution is 5.96. The predicted molar refractivity (Wildman–Crippen MR) is 142 cm³/mol. The van der Waals surface area contributed by atoms with Gasteiger partial charge in [0.25, 0.3) is 0 Å². The van der Waals surface area contributed by atoms with Gasteiger partial charge in [-0.05, 0) is 35.6 Å². The Balaban J connectivity index is 2.20. The highest BCUT2D eigenvalue weighted by Crippen LogP contribution is 2.11. The highest BCUT2D eigenvalue weighted by atomic mass is 16.4. The van der Waals surface area contributed by atoms with E-state index in [1.807, 2.05) is 0 Å². The van der Waals surface area contributed by atoms with Gasteiger partial charge in [0.1, 0.15) is 23.9 Å². The summed E-state index contributed by atoms with van der Waals surface area (Å²) in [5.74, 6) is -4.85. The summed E-state index contributed by atoms with van der Waals surface area (Å²) < 4.78 is 0. The minimum atomic E-state index is -1.44. The van der Waals surface area contributed by atoms with Crippen LogP contribution in [0, 0.1) is 5.92 Å². The topological polar surface area (TPSA) is 214 Å². The maximum absolute atomic E-state index is 13.2. The first-order valence-corrected chi connectivity index (χ1v) is 12.4. The van der Waals surface area contributed by atoms with Gasteiger partial charge in [-0.15, -0.1) is 0 Å². The number of amides is 4. The van der Waals surface area contributed by atoms with Gasteiger partial charge in [0.05, 0.1) is 12.5 Å². The Morgan fingerprint density at radius 2 is 1.31 bits per heavy atom. The normalized spacial score (nSPS) is 13.9. The fraction of sp³-hybridized carbons (Fsp3) is 0.370. The lowest BCUT2D eigenvalue weighted by molar-refractivity contribution is -0.143. The molecule has 0 aliphatic carbocycles. The molecule has 0 aromatic heterocycles. The molecule has 210 valence electrons. The number of hydrogen-bond acceptors (Lipinski definition) is 7. The fourth-order valence-electron chi connectivity index (χ4n) is 3.77. The minimum absolute atomic E-state index is 0.0143. The van der Waals surface area contributed by atoms with Crippen molar-refractivity contribution < 1.29 is 34.2 Å². The SMILES string of the molecule is CC(C)C(NC(=O)C(Cc1ccccc1)NC(=O)C(CC(N)=O)NC(=O)C(N)Cc1ccc(O)cc1)C(=O)O. The third-order valence-corrected chi connectivity index (χ3v) is 5.91. The summed E-state index contributed by atoms with van der Waals surface area (Å²) in [6.45, 7) is 3.26. The van der Waals surface area contributed by atoms with E-state index in [2.05, 4.69) is 16.0 Å². The van der Waals surface area contributed by atoms with Crippen molar-refractivity contribution in [3.8, 4) is 5.75 Å². The Morgan fingerprint density at radius 3 is 1.85 bits per heavy atom. The van der Waals surface area contributed by atoms with E-state index in [1.165, 1.54) is 12.1 Å². The second-order valence-electron chi connectivity index (χ2n) is 9.53. The Morgan fingerprint density at radius 1 is 0.769 bits per heavy atom. The molecule has 0 radical (unpaired) electrons. The van der Waals surface area contributed by atoms with Gasteiger partial charge in [-0.1, -0.05) is 56.3 Å². The van der Waals surface area contributed by atoms with Crippen molar-refractivity contribution >= 4 is 29.6 Å². The third kappa shape index (κ3) is 10.1. The van der Waals surface area contributed by atoms with Gasteiger partial charge in [0.2, 0.25) is 23.6 Å². The van der Waals surface area contributed by atoms with Crippen LogP contribution in [0.25, 0.3) is 0 Å². The zero-order chi connectivity index (χ0) is 29.1. The smallest absolute Gasteiger partial charge is 0.326 e. The van der Waals surface area contributed by atoms with E-state index in [4.69, 9.17) is 11.5 Å². The van der Waals surface area contributed by atoms with Gasteiger partial charge in [-0.25, -0.2) is 4.79 Å². The number of carboxylic acids is 1. The molecule has 2 rings (SSSR count). The number of benzene rings is 2. The average Bonchev–Trinajstić information content (AvgIpc) is 2.87. The molecule has 0 aliphatic rings. The van der Waals surface area contributed by atoms with E-state index >= 15 is 0 Å². The van der Waals surface area contributed by atoms with E-state index in [1.54, 1.807) is 56.3 Å². The molecule has 12 nitrogen and oxygen atoms in total. The van der Waals surface area contributed by atoms with Crippen LogP contribution < -0.4 is 27.4 Å². The first kappa shape index (κ1) is 30.8. The summed E-state index contributed by atoms with van der Waals surface area (Å²) in [5.41, 5.74) is 12.6. The number of nitrogens with two attached hydrogens (primary N) is 2. The summed E-state index contributed by atoms with van der Waals surface area (Å²) >= 11 is 0. The molecule has 12 heteroatoms. The van der Waals surface area contributed by atoms with E-state index in [-0.39, 0.29) is 18.6 Å². The zero-order valence-electron chi connectivity index (χ0n) is 21.8. The first-order valence-electron chi connectivity index (χ1n) is 12.4. The molecule has 0 fully saturated rings. The molecule has 0 spiro atoms. The largest absolute Gasteiger partial charge is 0.508 e. The van der Waals surface area contributed by atoms with Crippen molar-refractivity contribution in [2.45, 2.75) is 57.3 Å². The summed E-state index contributed by atoms with van der Waals surface area (Å²) in [6.07, 6.45) is -0.463. The van der Waals surface area contributed by atoms with Crippen molar-refractivity contribution in [3.63, 3.8) is 0 Å². The van der Waals surface area contributed by atoms with Gasteiger partial charge in [0, 0.05) is 6.42 Å². The number of aromatic hydroxyl groups is 1. The highest BCUT2D eigenvalue weighted by Gasteiger charge is 2.32. The van der Waals surface area contributed by atoms with Gasteiger partial charge < -0.3 is 37.6 Å². The second kappa shape index (κ2) is 14.5. The molecule has 0 saturated carbocycles. The lowest BCUT2D eigenvalue weighted by Crippen LogP contribution is -2.58. The monoisotopic (exact) mass is 541 g/mol. The van der Waals surface area contributed by atoms with Crippen molar-refractivity contribution in [3.05, 3.63) is 65.7 Å². The lowest BCUT2D eigenvalue weighted by atomic mass is 10.0. The van der Waals surface area contributed by atoms with E-state index < -0.39 is 66.1 Å². The minimum Gasteiger partial charge on any atom is -0.508 e. The quantitative estimate of drug-likeness (QED) is 0.166. The maximum atomic E-state index is 13.2. The molecule has 9 N–H and O–H groups in total. The van der Waals surface area contributed by atoms with Gasteiger partial charge in [0.15, 0.2) is 0 Å². The molecule has 4 atom stereocenters. The van der Waals surface area contributed by atoms with Crippen LogP contribution in [0.4, 0.5) is 0 Å². The van der Waals surface area contributed by atoms with Crippen molar-refractivity contribution in [2.24, 2.45) is 17.4 Å². The molecule has 0 aliphatic heterocycles. The Labute approximate surface area is 226 Å². The van der Waals surface area contributed by atoms with E-state index in [0.717, 1.165) is 0 Å². The van der Waals surface area contributed by atoms with Gasteiger partial charge >= 0.3 is 5.97 Å². The number of nitrogens with one attached hydrogen (secondary N) is 3. The maximum Gasteiger partial charge on any atom is 0.326 e. The summed E-state index contributed by atoms with van der Waals surface area (Å²) in [7, 11) is 0. The Hall–Kier alpha value is -4.45. The molecule has 39 heavy (non-hydrogen) atoms. The summed E-state index contributed by atoms with van der Waals surface area (Å²) in [5, 5.41) is 26.3. The summed E-state index contributed by atoms with van der Waals surface area (Å²) in [4.78, 5) is 62.3. The van der Waals surface area contributed by atoms with Crippen LogP contribution in [0.3, 0.4) is 0 Å². The van der Waals surface area contributed by atoms with Crippen LogP contribution in [-0.4, -0.2) is 64.0 Å². The molecule has 4 unspecified atom stereocenters. The average molecular weight is 542 g/mol. The molecular formula is C27H35N5O7. The first-order chi connectivity index (χ1) is 18.4. The van der Waals surface area contributed by atoms with Gasteiger partial charge in [-0.3, -0.25) is 19.2 Å². The molecule has 0 saturated heterocycles. The van der Waals surface area contributed by atoms with Crippen LogP contribution in [0.1, 0.15) is 31.4 Å². The molecule has 4 amide bonds. The molecule has 0 heterocycles. The number of phenolic OH excluding ortho intramolecular Hbond substituents is 1. The standard InChI is InChI=1S/C27H35N5O7/c1-15(2)23(27(38)39)32-26(37)20(13-16-6-4-3-5-7-16)31-25(36)21(14-22(29)34)30-24(35)19(28)12-17-8-10-18(33)11-9-17/h3-11,15,19-21,23,33H,12-14,28H2,1-2H3,(H2,29,34)(H,30,35)(H,31,36)(H,32,37)(H,38,39). The number of primary amides is 1. The number of phenols is 1. The van der Waals surface area contributed by atoms with Crippen molar-refractivity contribution in [1.29, 1.82) is 0 Å². The fourth-order valence-corrected chi connectivity index (χ4v) is 3.77. The van der Waals surface area contributed by atoms with E-state index in [0.29, 0.717) is 11.1 Å². The number of aliphatic carboxylic acids is 1. The van der Waals surface area contributed by atoms with Crippen LogP contribution in [-0.2, 0) is 36.8 Å². The Bertz CT molecular complexity index is 1150. The van der Waals surface area contributed by atoms with Crippen LogP contribution in [0.15, 0.2) is 54.6 Å². The summed E-state index contributed by atoms with van der Waals surface area (Å²) in [6, 6.07) is 9.82. The second-order valence-corrected chi connectivity index (χ2v) is 9.53. The predicted octanol–water partition coefficient (Wildman–Crippen LogP) is -0.425. The van der Waals surface area contributed by atoms with E-state index in [9.17, 15) is 34.2 Å². The third-order valence-electron chi connectivity index (χ3n) is 5.91. The van der Waals surface area contributed by atoms with Crippen molar-refractivity contribution in [1.82, 2.24) is 16.0 Å². The number of carbonyl (C=O) groups excluding carboxylic acids is 4. The number of hydrogen-bond donors (Lipinski definition) is 7. The molecule has 0 bridgehead atoms. The number of carbonyl (C=O) groups is 5. The van der Waals surface area contributed by atoms with Crippen LogP contribution in [0.2, 0.25) is 0 Å². The van der Waals surface area contributed by atoms with Crippen LogP contribution in [0.5, 0.6) is 5.75 Å². The zero-order valence-corrected chi connectivity index (χ0v) is 21.8. The lowest BCUT2D eigenvalue weighted by Gasteiger charge is -2.26. The Kier molecular flexibility index (Phi) is 11.4. The molecule has 2 aromatic rings. The van der Waals surface area contributed by atoms with Crippen molar-refractivity contribution in [2.75, 3.05) is 0 Å². The number of rotatable bonds is 14. The van der Waals surface area contributed by atoms with Crippen LogP contribution >= 0.6 is 0 Å². The number of carboxylic acid groups (broad SMARTS) is 1. The molecule has 2 aromatic carbocycles. The van der Waals surface area contributed by atoms with Gasteiger partial charge in [-0.2, -0.15) is 0 Å². The molecular weight excluding hydrogens is 506 g/mol.